The molecule has 0 saturated carbocycles. The van der Waals surface area contributed by atoms with Gasteiger partial charge in [-0.05, 0) is 0 Å². The lowest BCUT2D eigenvalue weighted by atomic mass is 10.2. The van der Waals surface area contributed by atoms with E-state index in [0.29, 0.717) is 0 Å². The summed E-state index contributed by atoms with van der Waals surface area (Å²) in [4.78, 5) is 21.3. The summed E-state index contributed by atoms with van der Waals surface area (Å²) in [5, 5.41) is 4.64. The molecule has 3 heterocycles. The van der Waals surface area contributed by atoms with Crippen molar-refractivity contribution in [2.24, 2.45) is 0 Å². The van der Waals surface area contributed by atoms with Crippen molar-refractivity contribution in [2.75, 3.05) is 38.5 Å². The van der Waals surface area contributed by atoms with Crippen molar-refractivity contribution in [1.29, 1.82) is 0 Å². The second-order valence-electron chi connectivity index (χ2n) is 6.28. The van der Waals surface area contributed by atoms with Crippen LogP contribution in [0.4, 0.5) is 0 Å². The maximum Gasteiger partial charge on any atom is 0.219 e. The number of hydrogen-bond acceptors (Lipinski definition) is 6. The first-order chi connectivity index (χ1) is 12.7. The van der Waals surface area contributed by atoms with Gasteiger partial charge in [-0.3, -0.25) is 9.69 Å². The van der Waals surface area contributed by atoms with Gasteiger partial charge in [0.05, 0.1) is 11.9 Å². The van der Waals surface area contributed by atoms with E-state index in [1.54, 1.807) is 30.0 Å². The van der Waals surface area contributed by atoms with E-state index >= 15 is 0 Å². The zero-order valence-electron chi connectivity index (χ0n) is 14.7. The van der Waals surface area contributed by atoms with Crippen LogP contribution in [0, 0.1) is 0 Å². The average Bonchev–Trinajstić information content (AvgIpc) is 3.22. The highest BCUT2D eigenvalue weighted by molar-refractivity contribution is 8.01. The fourth-order valence-electron chi connectivity index (χ4n) is 3.04. The first kappa shape index (κ1) is 17.5. The summed E-state index contributed by atoms with van der Waals surface area (Å²) < 4.78 is 2.93. The Balaban J connectivity index is 1.30. The van der Waals surface area contributed by atoms with Crippen molar-refractivity contribution < 1.29 is 4.79 Å². The van der Waals surface area contributed by atoms with Crippen LogP contribution in [0.15, 0.2) is 40.9 Å². The van der Waals surface area contributed by atoms with E-state index in [9.17, 15) is 4.79 Å². The quantitative estimate of drug-likeness (QED) is 0.630. The predicted octanol–water partition coefficient (Wildman–Crippen LogP) is 2.71. The number of piperazine rings is 1. The molecular weight excluding hydrogens is 366 g/mol. The monoisotopic (exact) mass is 387 g/mol. The average molecular weight is 388 g/mol. The van der Waals surface area contributed by atoms with Crippen LogP contribution in [0.2, 0.25) is 0 Å². The van der Waals surface area contributed by atoms with Crippen LogP contribution in [0.25, 0.3) is 16.2 Å². The summed E-state index contributed by atoms with van der Waals surface area (Å²) in [6.07, 6.45) is 1.99. The van der Waals surface area contributed by atoms with Crippen molar-refractivity contribution in [3.8, 4) is 11.3 Å². The highest BCUT2D eigenvalue weighted by atomic mass is 32.2. The summed E-state index contributed by atoms with van der Waals surface area (Å²) in [6, 6.07) is 10.2. The summed E-state index contributed by atoms with van der Waals surface area (Å²) in [6.45, 7) is 6.27. The molecule has 3 aromatic rings. The van der Waals surface area contributed by atoms with E-state index in [0.717, 1.165) is 59.0 Å². The van der Waals surface area contributed by atoms with Crippen LogP contribution in [0.5, 0.6) is 0 Å². The van der Waals surface area contributed by atoms with E-state index in [1.807, 2.05) is 33.8 Å². The van der Waals surface area contributed by atoms with Gasteiger partial charge < -0.3 is 4.90 Å². The minimum Gasteiger partial charge on any atom is -0.340 e. The zero-order valence-corrected chi connectivity index (χ0v) is 16.3. The van der Waals surface area contributed by atoms with Crippen molar-refractivity contribution in [3.63, 3.8) is 0 Å². The zero-order chi connectivity index (χ0) is 17.9. The molecule has 1 aromatic carbocycles. The molecule has 1 amide bonds. The Bertz CT molecular complexity index is 852. The Labute approximate surface area is 160 Å². The van der Waals surface area contributed by atoms with Gasteiger partial charge in [0, 0.05) is 51.0 Å². The Morgan fingerprint density at radius 2 is 1.96 bits per heavy atom. The Kier molecular flexibility index (Phi) is 5.23. The molecule has 1 aliphatic heterocycles. The minimum atomic E-state index is 0.181. The second kappa shape index (κ2) is 7.77. The molecule has 0 atom stereocenters. The summed E-state index contributed by atoms with van der Waals surface area (Å²) in [5.74, 6) is 1.18. The predicted molar refractivity (Wildman–Crippen MR) is 106 cm³/mol. The smallest absolute Gasteiger partial charge is 0.219 e. The molecule has 0 radical (unpaired) electrons. The molecule has 1 aliphatic rings. The normalized spacial score (nSPS) is 15.7. The number of amides is 1. The second-order valence-corrected chi connectivity index (χ2v) is 8.58. The van der Waals surface area contributed by atoms with Gasteiger partial charge in [-0.1, -0.05) is 53.4 Å². The molecule has 136 valence electrons. The number of hydrogen-bond donors (Lipinski definition) is 0. The van der Waals surface area contributed by atoms with Gasteiger partial charge in [0.1, 0.15) is 0 Å². The van der Waals surface area contributed by atoms with Crippen molar-refractivity contribution >= 4 is 34.0 Å². The number of nitrogens with zero attached hydrogens (tertiary/aromatic N) is 5. The SMILES string of the molecule is CC(=O)N1CCN(CCSc2nn3cc(-c4ccccc4)nc3s2)CC1. The van der Waals surface area contributed by atoms with Gasteiger partial charge in [0.15, 0.2) is 4.34 Å². The van der Waals surface area contributed by atoms with Gasteiger partial charge in [-0.25, -0.2) is 9.50 Å². The fraction of sp³-hybridized carbons (Fsp3) is 0.389. The van der Waals surface area contributed by atoms with Gasteiger partial charge in [-0.15, -0.1) is 5.10 Å². The largest absolute Gasteiger partial charge is 0.340 e. The molecule has 0 aliphatic carbocycles. The number of thioether (sulfide) groups is 1. The highest BCUT2D eigenvalue weighted by Gasteiger charge is 2.18. The highest BCUT2D eigenvalue weighted by Crippen LogP contribution is 2.27. The molecule has 2 aromatic heterocycles. The van der Waals surface area contributed by atoms with Gasteiger partial charge in [-0.2, -0.15) is 0 Å². The molecular formula is C18H21N5OS2. The Morgan fingerprint density at radius 1 is 1.19 bits per heavy atom. The van der Waals surface area contributed by atoms with Crippen molar-refractivity contribution in [2.45, 2.75) is 11.3 Å². The third-order valence-corrected chi connectivity index (χ3v) is 6.58. The molecule has 26 heavy (non-hydrogen) atoms. The summed E-state index contributed by atoms with van der Waals surface area (Å²) in [5.41, 5.74) is 2.08. The van der Waals surface area contributed by atoms with Crippen LogP contribution < -0.4 is 0 Å². The van der Waals surface area contributed by atoms with E-state index < -0.39 is 0 Å². The molecule has 0 unspecified atom stereocenters. The maximum atomic E-state index is 11.4. The number of carbonyl (C=O) groups is 1. The minimum absolute atomic E-state index is 0.181. The van der Waals surface area contributed by atoms with Crippen LogP contribution in [0.1, 0.15) is 6.92 Å². The number of imidazole rings is 1. The molecule has 0 bridgehead atoms. The van der Waals surface area contributed by atoms with E-state index in [4.69, 9.17) is 0 Å². The molecule has 4 rings (SSSR count). The third-order valence-electron chi connectivity index (χ3n) is 4.54. The summed E-state index contributed by atoms with van der Waals surface area (Å²) >= 11 is 3.41. The molecule has 0 spiro atoms. The third kappa shape index (κ3) is 3.92. The van der Waals surface area contributed by atoms with Crippen LogP contribution >= 0.6 is 23.1 Å². The first-order valence-corrected chi connectivity index (χ1v) is 10.5. The molecule has 6 nitrogen and oxygen atoms in total. The molecule has 8 heteroatoms. The van der Waals surface area contributed by atoms with Crippen LogP contribution in [-0.2, 0) is 4.79 Å². The standard InChI is InChI=1S/C18H21N5OS2/c1-14(24)22-9-7-21(8-10-22)11-12-25-18-20-23-13-16(19-17(23)26-18)15-5-3-2-4-6-15/h2-6,13H,7-12H2,1H3. The number of carbonyl (C=O) groups excluding carboxylic acids is 1. The van der Waals surface area contributed by atoms with Crippen LogP contribution in [0.3, 0.4) is 0 Å². The van der Waals surface area contributed by atoms with Crippen molar-refractivity contribution in [3.05, 3.63) is 36.5 Å². The number of fused-ring (bicyclic) bond motifs is 1. The number of aromatic nitrogens is 3. The lowest BCUT2D eigenvalue weighted by molar-refractivity contribution is -0.130. The van der Waals surface area contributed by atoms with Crippen LogP contribution in [-0.4, -0.2) is 68.8 Å². The van der Waals surface area contributed by atoms with E-state index in [-0.39, 0.29) is 5.91 Å². The number of benzene rings is 1. The van der Waals surface area contributed by atoms with E-state index in [2.05, 4.69) is 27.1 Å². The van der Waals surface area contributed by atoms with Gasteiger partial charge >= 0.3 is 0 Å². The summed E-state index contributed by atoms with van der Waals surface area (Å²) in [7, 11) is 0. The molecule has 1 fully saturated rings. The topological polar surface area (TPSA) is 53.7 Å². The molecule has 1 saturated heterocycles. The maximum absolute atomic E-state index is 11.4. The fourth-order valence-corrected chi connectivity index (χ4v) is 5.03. The first-order valence-electron chi connectivity index (χ1n) is 8.71. The lowest BCUT2D eigenvalue weighted by Crippen LogP contribution is -2.48. The number of rotatable bonds is 5. The van der Waals surface area contributed by atoms with Gasteiger partial charge in [0.25, 0.3) is 0 Å². The Morgan fingerprint density at radius 3 is 2.65 bits per heavy atom. The van der Waals surface area contributed by atoms with Gasteiger partial charge in [0.2, 0.25) is 10.9 Å². The van der Waals surface area contributed by atoms with E-state index in [1.165, 1.54) is 0 Å². The van der Waals surface area contributed by atoms with Crippen molar-refractivity contribution in [1.82, 2.24) is 24.4 Å². The lowest BCUT2D eigenvalue weighted by Gasteiger charge is -2.33. The Hall–Kier alpha value is -1.90. The molecule has 0 N–H and O–H groups in total.